The molecule has 6 heteroatoms. The lowest BCUT2D eigenvalue weighted by atomic mass is 10.1. The Hall–Kier alpha value is -2.37. The van der Waals surface area contributed by atoms with Crippen LogP contribution in [0.5, 0.6) is 0 Å². The van der Waals surface area contributed by atoms with E-state index in [1.807, 2.05) is 31.2 Å². The SMILES string of the molecule is Cc1ccc(CN2C[C@@H](C(=O)N(C)CCC(=O)O)CC2=O)cc1. The molecule has 0 aliphatic carbocycles. The Labute approximate surface area is 135 Å². The molecule has 124 valence electrons. The number of hydrogen-bond acceptors (Lipinski definition) is 3. The van der Waals surface area contributed by atoms with Gasteiger partial charge in [-0.25, -0.2) is 0 Å². The van der Waals surface area contributed by atoms with Gasteiger partial charge in [-0.1, -0.05) is 29.8 Å². The fourth-order valence-electron chi connectivity index (χ4n) is 2.69. The van der Waals surface area contributed by atoms with Crippen molar-refractivity contribution in [3.05, 3.63) is 35.4 Å². The number of carboxylic acid groups (broad SMARTS) is 1. The van der Waals surface area contributed by atoms with Crippen LogP contribution in [0.1, 0.15) is 24.0 Å². The monoisotopic (exact) mass is 318 g/mol. The van der Waals surface area contributed by atoms with Crippen LogP contribution in [0, 0.1) is 12.8 Å². The summed E-state index contributed by atoms with van der Waals surface area (Å²) in [6.07, 6.45) is 0.109. The molecular weight excluding hydrogens is 296 g/mol. The number of aryl methyl sites for hydroxylation is 1. The first-order valence-corrected chi connectivity index (χ1v) is 7.67. The number of benzene rings is 1. The smallest absolute Gasteiger partial charge is 0.305 e. The Kier molecular flexibility index (Phi) is 5.36. The molecule has 1 N–H and O–H groups in total. The summed E-state index contributed by atoms with van der Waals surface area (Å²) in [5.41, 5.74) is 2.20. The lowest BCUT2D eigenvalue weighted by Crippen LogP contribution is -2.35. The zero-order valence-electron chi connectivity index (χ0n) is 13.5. The van der Waals surface area contributed by atoms with E-state index in [-0.39, 0.29) is 37.1 Å². The Balaban J connectivity index is 1.92. The van der Waals surface area contributed by atoms with Crippen molar-refractivity contribution in [2.75, 3.05) is 20.1 Å². The predicted molar refractivity (Wildman–Crippen MR) is 84.6 cm³/mol. The number of amides is 2. The van der Waals surface area contributed by atoms with E-state index in [4.69, 9.17) is 5.11 Å². The molecule has 2 amide bonds. The van der Waals surface area contributed by atoms with E-state index in [1.54, 1.807) is 11.9 Å². The summed E-state index contributed by atoms with van der Waals surface area (Å²) < 4.78 is 0. The lowest BCUT2D eigenvalue weighted by molar-refractivity contribution is -0.139. The van der Waals surface area contributed by atoms with Gasteiger partial charge in [-0.05, 0) is 12.5 Å². The first-order valence-electron chi connectivity index (χ1n) is 7.67. The van der Waals surface area contributed by atoms with Gasteiger partial charge in [0.25, 0.3) is 0 Å². The molecule has 0 radical (unpaired) electrons. The van der Waals surface area contributed by atoms with Gasteiger partial charge < -0.3 is 14.9 Å². The number of carboxylic acids is 1. The zero-order chi connectivity index (χ0) is 17.0. The zero-order valence-corrected chi connectivity index (χ0v) is 13.5. The lowest BCUT2D eigenvalue weighted by Gasteiger charge is -2.21. The van der Waals surface area contributed by atoms with Gasteiger partial charge in [-0.3, -0.25) is 14.4 Å². The third-order valence-corrected chi connectivity index (χ3v) is 4.10. The second-order valence-corrected chi connectivity index (χ2v) is 6.06. The molecule has 1 saturated heterocycles. The highest BCUT2D eigenvalue weighted by molar-refractivity contribution is 5.89. The summed E-state index contributed by atoms with van der Waals surface area (Å²) in [5, 5.41) is 8.68. The molecule has 0 saturated carbocycles. The van der Waals surface area contributed by atoms with Gasteiger partial charge in [-0.2, -0.15) is 0 Å². The molecule has 0 unspecified atom stereocenters. The fourth-order valence-corrected chi connectivity index (χ4v) is 2.69. The molecule has 23 heavy (non-hydrogen) atoms. The highest BCUT2D eigenvalue weighted by Gasteiger charge is 2.35. The van der Waals surface area contributed by atoms with Crippen molar-refractivity contribution in [3.63, 3.8) is 0 Å². The van der Waals surface area contributed by atoms with Gasteiger partial charge in [0.2, 0.25) is 11.8 Å². The third-order valence-electron chi connectivity index (χ3n) is 4.10. The maximum atomic E-state index is 12.3. The number of carbonyl (C=O) groups excluding carboxylic acids is 2. The highest BCUT2D eigenvalue weighted by Crippen LogP contribution is 2.22. The van der Waals surface area contributed by atoms with Crippen molar-refractivity contribution in [1.82, 2.24) is 9.80 Å². The maximum Gasteiger partial charge on any atom is 0.305 e. The molecule has 1 atom stereocenters. The minimum absolute atomic E-state index is 0.0319. The maximum absolute atomic E-state index is 12.3. The average molecular weight is 318 g/mol. The first-order chi connectivity index (χ1) is 10.9. The van der Waals surface area contributed by atoms with Crippen molar-refractivity contribution in [2.45, 2.75) is 26.3 Å². The van der Waals surface area contributed by atoms with Crippen LogP contribution >= 0.6 is 0 Å². The van der Waals surface area contributed by atoms with Crippen molar-refractivity contribution >= 4 is 17.8 Å². The Morgan fingerprint density at radius 3 is 2.57 bits per heavy atom. The molecule has 1 aromatic carbocycles. The van der Waals surface area contributed by atoms with Gasteiger partial charge >= 0.3 is 5.97 Å². The Morgan fingerprint density at radius 1 is 1.30 bits per heavy atom. The van der Waals surface area contributed by atoms with E-state index < -0.39 is 5.97 Å². The number of aliphatic carboxylic acids is 1. The number of hydrogen-bond donors (Lipinski definition) is 1. The number of carbonyl (C=O) groups is 3. The molecule has 2 rings (SSSR count). The summed E-state index contributed by atoms with van der Waals surface area (Å²) in [4.78, 5) is 38.1. The summed E-state index contributed by atoms with van der Waals surface area (Å²) in [5.74, 6) is -1.51. The van der Waals surface area contributed by atoms with E-state index in [0.717, 1.165) is 11.1 Å². The van der Waals surface area contributed by atoms with E-state index >= 15 is 0 Å². The van der Waals surface area contributed by atoms with E-state index in [1.165, 1.54) is 4.90 Å². The van der Waals surface area contributed by atoms with Gasteiger partial charge in [0.1, 0.15) is 0 Å². The normalized spacial score (nSPS) is 17.4. The van der Waals surface area contributed by atoms with Gasteiger partial charge in [0.05, 0.1) is 12.3 Å². The average Bonchev–Trinajstić information content (AvgIpc) is 2.87. The summed E-state index contributed by atoms with van der Waals surface area (Å²) >= 11 is 0. The second-order valence-electron chi connectivity index (χ2n) is 6.06. The predicted octanol–water partition coefficient (Wildman–Crippen LogP) is 1.28. The summed E-state index contributed by atoms with van der Waals surface area (Å²) in [6, 6.07) is 7.96. The van der Waals surface area contributed by atoms with Crippen molar-refractivity contribution in [1.29, 1.82) is 0 Å². The van der Waals surface area contributed by atoms with Gasteiger partial charge in [-0.15, -0.1) is 0 Å². The van der Waals surface area contributed by atoms with Crippen LogP contribution in [-0.4, -0.2) is 52.8 Å². The Morgan fingerprint density at radius 2 is 1.96 bits per heavy atom. The standard InChI is InChI=1S/C17H22N2O4/c1-12-3-5-13(6-4-12)10-19-11-14(9-15(19)20)17(23)18(2)8-7-16(21)22/h3-6,14H,7-11H2,1-2H3,(H,21,22)/t14-/m0/s1. The van der Waals surface area contributed by atoms with E-state index in [0.29, 0.717) is 13.1 Å². The molecule has 1 fully saturated rings. The van der Waals surface area contributed by atoms with Crippen LogP contribution in [0.25, 0.3) is 0 Å². The first kappa shape index (κ1) is 17.0. The minimum atomic E-state index is -0.937. The molecular formula is C17H22N2O4. The molecule has 1 heterocycles. The van der Waals surface area contributed by atoms with E-state index in [2.05, 4.69) is 0 Å². The molecule has 0 spiro atoms. The van der Waals surface area contributed by atoms with E-state index in [9.17, 15) is 14.4 Å². The number of rotatable bonds is 6. The third kappa shape index (κ3) is 4.55. The molecule has 0 bridgehead atoms. The highest BCUT2D eigenvalue weighted by atomic mass is 16.4. The minimum Gasteiger partial charge on any atom is -0.481 e. The van der Waals surface area contributed by atoms with Crippen LogP contribution in [0.2, 0.25) is 0 Å². The summed E-state index contributed by atoms with van der Waals surface area (Å²) in [7, 11) is 1.58. The molecule has 1 aliphatic heterocycles. The van der Waals surface area contributed by atoms with Crippen LogP contribution < -0.4 is 0 Å². The van der Waals surface area contributed by atoms with Crippen LogP contribution in [0.15, 0.2) is 24.3 Å². The van der Waals surface area contributed by atoms with Gasteiger partial charge in [0.15, 0.2) is 0 Å². The molecule has 1 aliphatic rings. The Bertz CT molecular complexity index is 597. The van der Waals surface area contributed by atoms with Crippen molar-refractivity contribution in [3.8, 4) is 0 Å². The second kappa shape index (κ2) is 7.26. The molecule has 0 aromatic heterocycles. The van der Waals surface area contributed by atoms with Crippen molar-refractivity contribution < 1.29 is 19.5 Å². The largest absolute Gasteiger partial charge is 0.481 e. The fraction of sp³-hybridized carbons (Fsp3) is 0.471. The molecule has 6 nitrogen and oxygen atoms in total. The van der Waals surface area contributed by atoms with Gasteiger partial charge in [0, 0.05) is 33.1 Å². The quantitative estimate of drug-likeness (QED) is 0.857. The van der Waals surface area contributed by atoms with Crippen LogP contribution in [0.3, 0.4) is 0 Å². The van der Waals surface area contributed by atoms with Crippen molar-refractivity contribution in [2.24, 2.45) is 5.92 Å². The molecule has 1 aromatic rings. The summed E-state index contributed by atoms with van der Waals surface area (Å²) in [6.45, 7) is 3.06. The number of nitrogens with zero attached hydrogens (tertiary/aromatic N) is 2. The topological polar surface area (TPSA) is 77.9 Å². The van der Waals surface area contributed by atoms with Crippen LogP contribution in [0.4, 0.5) is 0 Å². The number of likely N-dealkylation sites (tertiary alicyclic amines) is 1. The van der Waals surface area contributed by atoms with Crippen LogP contribution in [-0.2, 0) is 20.9 Å².